The van der Waals surface area contributed by atoms with Crippen LogP contribution in [-0.2, 0) is 9.59 Å². The molecular formula is C12H18O2. The van der Waals surface area contributed by atoms with E-state index in [0.29, 0.717) is 12.8 Å². The fourth-order valence-corrected chi connectivity index (χ4v) is 2.16. The van der Waals surface area contributed by atoms with Crippen molar-refractivity contribution in [1.29, 1.82) is 0 Å². The molecule has 1 atom stereocenters. The maximum absolute atomic E-state index is 11.5. The predicted molar refractivity (Wildman–Crippen MR) is 56.0 cm³/mol. The Balaban J connectivity index is 2.79. The van der Waals surface area contributed by atoms with Gasteiger partial charge in [0.05, 0.1) is 0 Å². The van der Waals surface area contributed by atoms with Crippen LogP contribution >= 0.6 is 0 Å². The molecular weight excluding hydrogens is 176 g/mol. The van der Waals surface area contributed by atoms with Crippen molar-refractivity contribution in [2.75, 3.05) is 0 Å². The highest BCUT2D eigenvalue weighted by molar-refractivity contribution is 5.96. The minimum atomic E-state index is 0.204. The summed E-state index contributed by atoms with van der Waals surface area (Å²) in [7, 11) is 0. The van der Waals surface area contributed by atoms with Gasteiger partial charge in [0.1, 0.15) is 5.78 Å². The van der Waals surface area contributed by atoms with E-state index >= 15 is 0 Å². The Kier molecular flexibility index (Phi) is 3.62. The highest BCUT2D eigenvalue weighted by Crippen LogP contribution is 2.29. The first-order valence-electron chi connectivity index (χ1n) is 5.24. The van der Waals surface area contributed by atoms with Crippen LogP contribution in [0.4, 0.5) is 0 Å². The van der Waals surface area contributed by atoms with Crippen molar-refractivity contribution >= 4 is 11.6 Å². The van der Waals surface area contributed by atoms with E-state index in [0.717, 1.165) is 18.4 Å². The number of hydrogen-bond donors (Lipinski definition) is 0. The molecule has 0 radical (unpaired) electrons. The topological polar surface area (TPSA) is 34.1 Å². The van der Waals surface area contributed by atoms with Gasteiger partial charge in [-0.3, -0.25) is 4.79 Å². The van der Waals surface area contributed by atoms with Crippen LogP contribution in [0.3, 0.4) is 0 Å². The smallest absolute Gasteiger partial charge is 0.158 e. The summed E-state index contributed by atoms with van der Waals surface area (Å²) in [6, 6.07) is 0. The van der Waals surface area contributed by atoms with Crippen molar-refractivity contribution < 1.29 is 9.59 Å². The van der Waals surface area contributed by atoms with Gasteiger partial charge in [0.2, 0.25) is 0 Å². The molecule has 0 heterocycles. The molecule has 0 amide bonds. The molecule has 0 unspecified atom stereocenters. The van der Waals surface area contributed by atoms with E-state index in [-0.39, 0.29) is 17.5 Å². The molecule has 1 aliphatic carbocycles. The molecule has 1 aliphatic rings. The molecule has 2 heteroatoms. The molecule has 0 bridgehead atoms. The van der Waals surface area contributed by atoms with Gasteiger partial charge in [0.15, 0.2) is 5.78 Å². The third-order valence-corrected chi connectivity index (χ3v) is 2.94. The normalized spacial score (nSPS) is 19.8. The highest BCUT2D eigenvalue weighted by atomic mass is 16.1. The Morgan fingerprint density at radius 3 is 2.64 bits per heavy atom. The zero-order chi connectivity index (χ0) is 10.7. The number of Topliss-reactive ketones (excluding diaryl/α,β-unsaturated/α-hetero) is 2. The number of carbonyl (C=O) groups excluding carboxylic acids is 2. The van der Waals surface area contributed by atoms with Gasteiger partial charge < -0.3 is 4.79 Å². The lowest BCUT2D eigenvalue weighted by Gasteiger charge is -2.21. The van der Waals surface area contributed by atoms with Gasteiger partial charge in [-0.2, -0.15) is 0 Å². The van der Waals surface area contributed by atoms with Crippen molar-refractivity contribution in [2.45, 2.75) is 46.5 Å². The summed E-state index contributed by atoms with van der Waals surface area (Å²) in [6.07, 6.45) is 3.20. The fraction of sp³-hybridized carbons (Fsp3) is 0.667. The number of carbonyl (C=O) groups is 2. The average molecular weight is 194 g/mol. The number of rotatable bonds is 3. The molecule has 0 aliphatic heterocycles. The largest absolute Gasteiger partial charge is 0.300 e. The van der Waals surface area contributed by atoms with Crippen molar-refractivity contribution in [3.63, 3.8) is 0 Å². The van der Waals surface area contributed by atoms with Gasteiger partial charge in [-0.1, -0.05) is 12.5 Å². The van der Waals surface area contributed by atoms with E-state index in [1.807, 2.05) is 13.8 Å². The van der Waals surface area contributed by atoms with Gasteiger partial charge in [-0.15, -0.1) is 0 Å². The van der Waals surface area contributed by atoms with Gasteiger partial charge in [-0.05, 0) is 38.2 Å². The third kappa shape index (κ3) is 2.53. The van der Waals surface area contributed by atoms with Crippen molar-refractivity contribution in [3.8, 4) is 0 Å². The van der Waals surface area contributed by atoms with Crippen LogP contribution in [0.5, 0.6) is 0 Å². The first kappa shape index (κ1) is 11.2. The molecule has 78 valence electrons. The van der Waals surface area contributed by atoms with Gasteiger partial charge in [0.25, 0.3) is 0 Å². The van der Waals surface area contributed by atoms with Crippen LogP contribution in [0.2, 0.25) is 0 Å². The summed E-state index contributed by atoms with van der Waals surface area (Å²) in [5, 5.41) is 0. The average Bonchev–Trinajstić information content (AvgIpc) is 2.08. The Labute approximate surface area is 85.4 Å². The zero-order valence-electron chi connectivity index (χ0n) is 9.22. The molecule has 0 saturated carbocycles. The second-order valence-electron chi connectivity index (χ2n) is 4.23. The second kappa shape index (κ2) is 4.54. The minimum absolute atomic E-state index is 0.204. The summed E-state index contributed by atoms with van der Waals surface area (Å²) in [5.74, 6) is 0.717. The number of ketones is 2. The van der Waals surface area contributed by atoms with Gasteiger partial charge >= 0.3 is 0 Å². The summed E-state index contributed by atoms with van der Waals surface area (Å²) in [6.45, 7) is 5.54. The van der Waals surface area contributed by atoms with E-state index in [1.165, 1.54) is 5.57 Å². The highest BCUT2D eigenvalue weighted by Gasteiger charge is 2.21. The summed E-state index contributed by atoms with van der Waals surface area (Å²) in [5.41, 5.74) is 2.11. The SMILES string of the molecule is CC(=O)C[C@H](C)C1=C(C)C(=O)CCC1. The lowest BCUT2D eigenvalue weighted by Crippen LogP contribution is -2.15. The lowest BCUT2D eigenvalue weighted by molar-refractivity contribution is -0.118. The summed E-state index contributed by atoms with van der Waals surface area (Å²) in [4.78, 5) is 22.4. The Morgan fingerprint density at radius 1 is 1.43 bits per heavy atom. The molecule has 0 spiro atoms. The molecule has 14 heavy (non-hydrogen) atoms. The maximum atomic E-state index is 11.5. The minimum Gasteiger partial charge on any atom is -0.300 e. The standard InChI is InChI=1S/C12H18O2/c1-8(7-9(2)13)11-5-4-6-12(14)10(11)3/h8H,4-7H2,1-3H3/t8-/m0/s1. The molecule has 1 rings (SSSR count). The third-order valence-electron chi connectivity index (χ3n) is 2.94. The lowest BCUT2D eigenvalue weighted by atomic mass is 9.83. The number of allylic oxidation sites excluding steroid dienone is 2. The van der Waals surface area contributed by atoms with Crippen molar-refractivity contribution in [1.82, 2.24) is 0 Å². The molecule has 0 aromatic carbocycles. The van der Waals surface area contributed by atoms with Gasteiger partial charge in [-0.25, -0.2) is 0 Å². The monoisotopic (exact) mass is 194 g/mol. The van der Waals surface area contributed by atoms with Crippen LogP contribution in [0.1, 0.15) is 46.5 Å². The first-order chi connectivity index (χ1) is 6.52. The van der Waals surface area contributed by atoms with E-state index < -0.39 is 0 Å². The number of hydrogen-bond acceptors (Lipinski definition) is 2. The molecule has 0 N–H and O–H groups in total. The Hall–Kier alpha value is -0.920. The van der Waals surface area contributed by atoms with E-state index in [1.54, 1.807) is 6.92 Å². The molecule has 0 saturated heterocycles. The predicted octanol–water partition coefficient (Wildman–Crippen LogP) is 2.67. The molecule has 0 fully saturated rings. The van der Waals surface area contributed by atoms with Crippen LogP contribution in [0.25, 0.3) is 0 Å². The molecule has 0 aromatic heterocycles. The summed E-state index contributed by atoms with van der Waals surface area (Å²) >= 11 is 0. The van der Waals surface area contributed by atoms with Gasteiger partial charge in [0, 0.05) is 12.8 Å². The molecule has 0 aromatic rings. The molecule has 2 nitrogen and oxygen atoms in total. The van der Waals surface area contributed by atoms with E-state index in [2.05, 4.69) is 0 Å². The second-order valence-corrected chi connectivity index (χ2v) is 4.23. The maximum Gasteiger partial charge on any atom is 0.158 e. The van der Waals surface area contributed by atoms with Crippen LogP contribution in [0.15, 0.2) is 11.1 Å². The zero-order valence-corrected chi connectivity index (χ0v) is 9.22. The quantitative estimate of drug-likeness (QED) is 0.692. The van der Waals surface area contributed by atoms with Crippen molar-refractivity contribution in [2.24, 2.45) is 5.92 Å². The van der Waals surface area contributed by atoms with Crippen LogP contribution in [-0.4, -0.2) is 11.6 Å². The summed E-state index contributed by atoms with van der Waals surface area (Å²) < 4.78 is 0. The Morgan fingerprint density at radius 2 is 2.07 bits per heavy atom. The fourth-order valence-electron chi connectivity index (χ4n) is 2.16. The van der Waals surface area contributed by atoms with Crippen molar-refractivity contribution in [3.05, 3.63) is 11.1 Å². The van der Waals surface area contributed by atoms with Crippen LogP contribution < -0.4 is 0 Å². The first-order valence-corrected chi connectivity index (χ1v) is 5.24. The van der Waals surface area contributed by atoms with E-state index in [9.17, 15) is 9.59 Å². The van der Waals surface area contributed by atoms with E-state index in [4.69, 9.17) is 0 Å². The van der Waals surface area contributed by atoms with Crippen LogP contribution in [0, 0.1) is 5.92 Å². The Bertz CT molecular complexity index is 287.